The van der Waals surface area contributed by atoms with Gasteiger partial charge in [-0.2, -0.15) is 0 Å². The highest BCUT2D eigenvalue weighted by molar-refractivity contribution is 5.36. The molecule has 3 rings (SSSR count). The SMILES string of the molecule is CN(Cc1ccccc1)[C@@H]1c2ccccc2C[C@H]1O. The Kier molecular flexibility index (Phi) is 3.36. The molecule has 0 heterocycles. The van der Waals surface area contributed by atoms with Crippen LogP contribution in [0, 0.1) is 0 Å². The van der Waals surface area contributed by atoms with Crippen molar-refractivity contribution in [3.8, 4) is 0 Å². The molecule has 19 heavy (non-hydrogen) atoms. The molecule has 0 unspecified atom stereocenters. The lowest BCUT2D eigenvalue weighted by Crippen LogP contribution is -2.30. The normalized spacial score (nSPS) is 21.6. The van der Waals surface area contributed by atoms with Crippen LogP contribution in [0.1, 0.15) is 22.7 Å². The highest BCUT2D eigenvalue weighted by Gasteiger charge is 2.33. The van der Waals surface area contributed by atoms with Crippen molar-refractivity contribution < 1.29 is 5.11 Å². The van der Waals surface area contributed by atoms with Crippen molar-refractivity contribution in [3.63, 3.8) is 0 Å². The zero-order chi connectivity index (χ0) is 13.2. The van der Waals surface area contributed by atoms with Gasteiger partial charge in [0.15, 0.2) is 0 Å². The number of likely N-dealkylation sites (N-methyl/N-ethyl adjacent to an activating group) is 1. The van der Waals surface area contributed by atoms with Crippen molar-refractivity contribution >= 4 is 0 Å². The Labute approximate surface area is 114 Å². The monoisotopic (exact) mass is 253 g/mol. The number of fused-ring (bicyclic) bond motifs is 1. The number of nitrogens with zero attached hydrogens (tertiary/aromatic N) is 1. The van der Waals surface area contributed by atoms with E-state index in [1.807, 2.05) is 12.1 Å². The molecule has 2 aromatic carbocycles. The van der Waals surface area contributed by atoms with Gasteiger partial charge < -0.3 is 5.11 Å². The molecule has 98 valence electrons. The Morgan fingerprint density at radius 3 is 2.53 bits per heavy atom. The summed E-state index contributed by atoms with van der Waals surface area (Å²) in [6.45, 7) is 0.858. The van der Waals surface area contributed by atoms with Crippen molar-refractivity contribution in [3.05, 3.63) is 71.3 Å². The quantitative estimate of drug-likeness (QED) is 0.909. The highest BCUT2D eigenvalue weighted by Crippen LogP contribution is 2.35. The number of benzene rings is 2. The second-order valence-electron chi connectivity index (χ2n) is 5.32. The molecule has 0 spiro atoms. The minimum atomic E-state index is -0.300. The smallest absolute Gasteiger partial charge is 0.0777 e. The highest BCUT2D eigenvalue weighted by atomic mass is 16.3. The lowest BCUT2D eigenvalue weighted by atomic mass is 10.1. The van der Waals surface area contributed by atoms with Crippen LogP contribution in [-0.2, 0) is 13.0 Å². The first-order chi connectivity index (χ1) is 9.25. The van der Waals surface area contributed by atoms with E-state index in [4.69, 9.17) is 0 Å². The summed E-state index contributed by atoms with van der Waals surface area (Å²) in [6.07, 6.45) is 0.464. The van der Waals surface area contributed by atoms with Crippen LogP contribution in [0.25, 0.3) is 0 Å². The Morgan fingerprint density at radius 1 is 1.05 bits per heavy atom. The molecule has 0 aromatic heterocycles. The third kappa shape index (κ3) is 2.42. The van der Waals surface area contributed by atoms with E-state index in [2.05, 4.69) is 54.4 Å². The van der Waals surface area contributed by atoms with Crippen molar-refractivity contribution in [2.45, 2.75) is 25.1 Å². The predicted molar refractivity (Wildman–Crippen MR) is 76.8 cm³/mol. The van der Waals surface area contributed by atoms with E-state index in [1.54, 1.807) is 0 Å². The Hall–Kier alpha value is -1.64. The molecule has 2 heteroatoms. The molecular weight excluding hydrogens is 234 g/mol. The Balaban J connectivity index is 1.82. The van der Waals surface area contributed by atoms with E-state index in [9.17, 15) is 5.11 Å². The molecule has 1 aliphatic carbocycles. The van der Waals surface area contributed by atoms with E-state index in [-0.39, 0.29) is 12.1 Å². The van der Waals surface area contributed by atoms with Crippen LogP contribution >= 0.6 is 0 Å². The van der Waals surface area contributed by atoms with Gasteiger partial charge in [-0.1, -0.05) is 54.6 Å². The standard InChI is InChI=1S/C17H19NO/c1-18(12-13-7-3-2-4-8-13)17-15-10-6-5-9-14(15)11-16(17)19/h2-10,16-17,19H,11-12H2,1H3/t16-,17-/m1/s1. The maximum absolute atomic E-state index is 10.3. The predicted octanol–water partition coefficient (Wildman–Crippen LogP) is 2.78. The maximum atomic E-state index is 10.3. The van der Waals surface area contributed by atoms with E-state index in [0.717, 1.165) is 13.0 Å². The molecule has 0 bridgehead atoms. The third-order valence-corrected chi connectivity index (χ3v) is 3.92. The van der Waals surface area contributed by atoms with Gasteiger partial charge in [-0.3, -0.25) is 4.90 Å². The maximum Gasteiger partial charge on any atom is 0.0777 e. The fourth-order valence-electron chi connectivity index (χ4n) is 3.05. The summed E-state index contributed by atoms with van der Waals surface area (Å²) in [6, 6.07) is 18.9. The number of hydrogen-bond donors (Lipinski definition) is 1. The van der Waals surface area contributed by atoms with Gasteiger partial charge in [-0.05, 0) is 23.7 Å². The molecule has 0 amide bonds. The molecule has 2 atom stereocenters. The van der Waals surface area contributed by atoms with Crippen molar-refractivity contribution in [2.24, 2.45) is 0 Å². The lowest BCUT2D eigenvalue weighted by molar-refractivity contribution is 0.0725. The third-order valence-electron chi connectivity index (χ3n) is 3.92. The van der Waals surface area contributed by atoms with Crippen LogP contribution in [-0.4, -0.2) is 23.2 Å². The largest absolute Gasteiger partial charge is 0.391 e. The van der Waals surface area contributed by atoms with Crippen LogP contribution in [0.4, 0.5) is 0 Å². The number of aliphatic hydroxyl groups is 1. The molecule has 0 aliphatic heterocycles. The minimum absolute atomic E-state index is 0.108. The molecule has 1 aliphatic rings. The summed E-state index contributed by atoms with van der Waals surface area (Å²) < 4.78 is 0. The average molecular weight is 253 g/mol. The molecule has 2 nitrogen and oxygen atoms in total. The zero-order valence-corrected chi connectivity index (χ0v) is 11.2. The molecule has 2 aromatic rings. The number of aliphatic hydroxyl groups excluding tert-OH is 1. The van der Waals surface area contributed by atoms with Crippen LogP contribution in [0.2, 0.25) is 0 Å². The summed E-state index contributed by atoms with van der Waals surface area (Å²) in [7, 11) is 2.09. The van der Waals surface area contributed by atoms with Gasteiger partial charge >= 0.3 is 0 Å². The first kappa shape index (κ1) is 12.4. The van der Waals surface area contributed by atoms with E-state index < -0.39 is 0 Å². The topological polar surface area (TPSA) is 23.5 Å². The second-order valence-corrected chi connectivity index (χ2v) is 5.32. The Bertz CT molecular complexity index is 552. The first-order valence-corrected chi connectivity index (χ1v) is 6.76. The molecule has 0 fully saturated rings. The number of hydrogen-bond acceptors (Lipinski definition) is 2. The first-order valence-electron chi connectivity index (χ1n) is 6.76. The summed E-state index contributed by atoms with van der Waals surface area (Å²) in [5.74, 6) is 0. The van der Waals surface area contributed by atoms with Crippen LogP contribution in [0.5, 0.6) is 0 Å². The van der Waals surface area contributed by atoms with Gasteiger partial charge in [0, 0.05) is 13.0 Å². The van der Waals surface area contributed by atoms with Crippen LogP contribution in [0.15, 0.2) is 54.6 Å². The molecule has 1 N–H and O–H groups in total. The van der Waals surface area contributed by atoms with Crippen molar-refractivity contribution in [1.82, 2.24) is 4.90 Å². The molecular formula is C17H19NO. The summed E-state index contributed by atoms with van der Waals surface area (Å²) in [5.41, 5.74) is 3.83. The fraction of sp³-hybridized carbons (Fsp3) is 0.294. The van der Waals surface area contributed by atoms with Crippen LogP contribution < -0.4 is 0 Å². The van der Waals surface area contributed by atoms with Gasteiger partial charge in [0.2, 0.25) is 0 Å². The summed E-state index contributed by atoms with van der Waals surface area (Å²) >= 11 is 0. The van der Waals surface area contributed by atoms with Gasteiger partial charge in [-0.15, -0.1) is 0 Å². The van der Waals surface area contributed by atoms with Crippen LogP contribution in [0.3, 0.4) is 0 Å². The summed E-state index contributed by atoms with van der Waals surface area (Å²) in [5, 5.41) is 10.3. The van der Waals surface area contributed by atoms with Gasteiger partial charge in [0.25, 0.3) is 0 Å². The van der Waals surface area contributed by atoms with Gasteiger partial charge in [-0.25, -0.2) is 0 Å². The second kappa shape index (κ2) is 5.16. The van der Waals surface area contributed by atoms with Gasteiger partial charge in [0.05, 0.1) is 12.1 Å². The molecule has 0 saturated heterocycles. The van der Waals surface area contributed by atoms with E-state index in [1.165, 1.54) is 16.7 Å². The van der Waals surface area contributed by atoms with Gasteiger partial charge in [0.1, 0.15) is 0 Å². The number of rotatable bonds is 3. The lowest BCUT2D eigenvalue weighted by Gasteiger charge is -2.28. The van der Waals surface area contributed by atoms with Crippen molar-refractivity contribution in [1.29, 1.82) is 0 Å². The molecule has 0 radical (unpaired) electrons. The summed E-state index contributed by atoms with van der Waals surface area (Å²) in [4.78, 5) is 2.24. The zero-order valence-electron chi connectivity index (χ0n) is 11.2. The molecule has 0 saturated carbocycles. The Morgan fingerprint density at radius 2 is 1.74 bits per heavy atom. The minimum Gasteiger partial charge on any atom is -0.391 e. The average Bonchev–Trinajstić information content (AvgIpc) is 2.75. The van der Waals surface area contributed by atoms with E-state index >= 15 is 0 Å². The fourth-order valence-corrected chi connectivity index (χ4v) is 3.05. The van der Waals surface area contributed by atoms with E-state index in [0.29, 0.717) is 0 Å². The van der Waals surface area contributed by atoms with Crippen molar-refractivity contribution in [2.75, 3.05) is 7.05 Å².